The van der Waals surface area contributed by atoms with Crippen molar-refractivity contribution in [2.45, 2.75) is 38.9 Å². The van der Waals surface area contributed by atoms with Gasteiger partial charge >= 0.3 is 0 Å². The molecule has 1 aromatic carbocycles. The zero-order chi connectivity index (χ0) is 13.8. The van der Waals surface area contributed by atoms with Crippen LogP contribution in [0.5, 0.6) is 5.75 Å². The summed E-state index contributed by atoms with van der Waals surface area (Å²) in [6.45, 7) is 5.91. The molecule has 0 aromatic heterocycles. The summed E-state index contributed by atoms with van der Waals surface area (Å²) in [4.78, 5) is 0. The number of aliphatic hydroxyl groups excluding tert-OH is 1. The van der Waals surface area contributed by atoms with Crippen LogP contribution in [-0.4, -0.2) is 30.5 Å². The van der Waals surface area contributed by atoms with Gasteiger partial charge in [0.25, 0.3) is 0 Å². The Kier molecular flexibility index (Phi) is 5.11. The summed E-state index contributed by atoms with van der Waals surface area (Å²) in [6.07, 6.45) is -0.523. The van der Waals surface area contributed by atoms with Crippen molar-refractivity contribution in [3.63, 3.8) is 0 Å². The summed E-state index contributed by atoms with van der Waals surface area (Å²) >= 11 is 0. The van der Waals surface area contributed by atoms with Gasteiger partial charge in [0.15, 0.2) is 11.6 Å². The first-order valence-electron chi connectivity index (χ1n) is 5.97. The molecule has 1 aromatic rings. The molecule has 0 spiro atoms. The molecule has 1 atom stereocenters. The molecule has 0 fully saturated rings. The van der Waals surface area contributed by atoms with Crippen LogP contribution < -0.4 is 4.74 Å². The summed E-state index contributed by atoms with van der Waals surface area (Å²) in [5.74, 6) is -0.230. The maximum atomic E-state index is 13.8. The van der Waals surface area contributed by atoms with Crippen molar-refractivity contribution in [3.05, 3.63) is 29.6 Å². The fourth-order valence-corrected chi connectivity index (χ4v) is 1.53. The number of aliphatic hydroxyl groups is 1. The Morgan fingerprint density at radius 3 is 2.56 bits per heavy atom. The molecular formula is C14H21FO3. The number of hydrogen-bond acceptors (Lipinski definition) is 3. The van der Waals surface area contributed by atoms with Crippen molar-refractivity contribution in [3.8, 4) is 5.75 Å². The summed E-state index contributed by atoms with van der Waals surface area (Å²) in [5, 5.41) is 9.82. The number of rotatable bonds is 5. The Morgan fingerprint density at radius 1 is 1.33 bits per heavy atom. The van der Waals surface area contributed by atoms with Gasteiger partial charge in [0, 0.05) is 6.42 Å². The van der Waals surface area contributed by atoms with Crippen LogP contribution in [0, 0.1) is 5.82 Å². The van der Waals surface area contributed by atoms with Gasteiger partial charge in [-0.25, -0.2) is 4.39 Å². The molecular weight excluding hydrogens is 235 g/mol. The van der Waals surface area contributed by atoms with E-state index in [2.05, 4.69) is 0 Å². The summed E-state index contributed by atoms with van der Waals surface area (Å²) in [7, 11) is 1.42. The number of hydrogen-bond donors (Lipinski definition) is 1. The highest BCUT2D eigenvalue weighted by atomic mass is 19.1. The molecule has 0 bridgehead atoms. The maximum absolute atomic E-state index is 13.8. The standard InChI is InChI=1S/C14H21FO3/c1-14(2,3)18-9-11(16)8-10-6-5-7-12(17-4)13(10)15/h5-7,11,16H,8-9H2,1-4H3. The molecule has 0 aliphatic rings. The lowest BCUT2D eigenvalue weighted by molar-refractivity contribution is -0.0484. The Balaban J connectivity index is 2.62. The Morgan fingerprint density at radius 2 is 2.00 bits per heavy atom. The average molecular weight is 256 g/mol. The van der Waals surface area contributed by atoms with E-state index in [1.807, 2.05) is 20.8 Å². The van der Waals surface area contributed by atoms with Crippen LogP contribution in [0.4, 0.5) is 4.39 Å². The van der Waals surface area contributed by atoms with Crippen LogP contribution in [-0.2, 0) is 11.2 Å². The SMILES string of the molecule is COc1cccc(CC(O)COC(C)(C)C)c1F. The lowest BCUT2D eigenvalue weighted by Crippen LogP contribution is -2.27. The topological polar surface area (TPSA) is 38.7 Å². The third-order valence-electron chi connectivity index (χ3n) is 2.43. The van der Waals surface area contributed by atoms with E-state index < -0.39 is 11.9 Å². The zero-order valence-electron chi connectivity index (χ0n) is 11.4. The minimum absolute atomic E-state index is 0.181. The molecule has 0 aliphatic carbocycles. The van der Waals surface area contributed by atoms with E-state index in [0.29, 0.717) is 5.56 Å². The molecule has 0 aliphatic heterocycles. The molecule has 0 radical (unpaired) electrons. The Labute approximate surface area is 108 Å². The lowest BCUT2D eigenvalue weighted by Gasteiger charge is -2.22. The molecule has 0 heterocycles. The molecule has 102 valence electrons. The van der Waals surface area contributed by atoms with E-state index in [1.165, 1.54) is 7.11 Å². The molecule has 0 saturated carbocycles. The first kappa shape index (κ1) is 14.9. The summed E-state index contributed by atoms with van der Waals surface area (Å²) < 4.78 is 24.2. The largest absolute Gasteiger partial charge is 0.494 e. The average Bonchev–Trinajstić information content (AvgIpc) is 2.28. The minimum Gasteiger partial charge on any atom is -0.494 e. The van der Waals surface area contributed by atoms with Gasteiger partial charge in [-0.05, 0) is 32.4 Å². The monoisotopic (exact) mass is 256 g/mol. The molecule has 1 rings (SSSR count). The van der Waals surface area contributed by atoms with E-state index in [0.717, 1.165) is 0 Å². The summed E-state index contributed by atoms with van der Waals surface area (Å²) in [5.41, 5.74) is 0.118. The third kappa shape index (κ3) is 4.63. The van der Waals surface area contributed by atoms with Crippen molar-refractivity contribution in [1.82, 2.24) is 0 Å². The lowest BCUT2D eigenvalue weighted by atomic mass is 10.1. The van der Waals surface area contributed by atoms with Crippen molar-refractivity contribution >= 4 is 0 Å². The fourth-order valence-electron chi connectivity index (χ4n) is 1.53. The number of benzene rings is 1. The van der Waals surface area contributed by atoms with Crippen LogP contribution in [0.25, 0.3) is 0 Å². The van der Waals surface area contributed by atoms with E-state index in [4.69, 9.17) is 9.47 Å². The minimum atomic E-state index is -0.731. The molecule has 0 saturated heterocycles. The number of ether oxygens (including phenoxy) is 2. The highest BCUT2D eigenvalue weighted by molar-refractivity contribution is 5.31. The quantitative estimate of drug-likeness (QED) is 0.880. The van der Waals surface area contributed by atoms with Gasteiger partial charge in [0.2, 0.25) is 0 Å². The van der Waals surface area contributed by atoms with Gasteiger partial charge in [0.05, 0.1) is 25.4 Å². The van der Waals surface area contributed by atoms with Crippen LogP contribution in [0.2, 0.25) is 0 Å². The van der Waals surface area contributed by atoms with E-state index in [9.17, 15) is 9.50 Å². The Bertz CT molecular complexity index is 385. The van der Waals surface area contributed by atoms with E-state index >= 15 is 0 Å². The molecule has 18 heavy (non-hydrogen) atoms. The van der Waals surface area contributed by atoms with Crippen molar-refractivity contribution < 1.29 is 19.0 Å². The molecule has 4 heteroatoms. The smallest absolute Gasteiger partial charge is 0.168 e. The zero-order valence-corrected chi connectivity index (χ0v) is 11.4. The second-order valence-electron chi connectivity index (χ2n) is 5.21. The van der Waals surface area contributed by atoms with E-state index in [-0.39, 0.29) is 24.4 Å². The van der Waals surface area contributed by atoms with Gasteiger partial charge in [-0.2, -0.15) is 0 Å². The van der Waals surface area contributed by atoms with Gasteiger partial charge in [0.1, 0.15) is 0 Å². The highest BCUT2D eigenvalue weighted by Gasteiger charge is 2.16. The normalized spacial score (nSPS) is 13.4. The van der Waals surface area contributed by atoms with Gasteiger partial charge in [-0.15, -0.1) is 0 Å². The molecule has 3 nitrogen and oxygen atoms in total. The number of halogens is 1. The predicted molar refractivity (Wildman–Crippen MR) is 68.4 cm³/mol. The first-order valence-corrected chi connectivity index (χ1v) is 5.97. The second kappa shape index (κ2) is 6.16. The third-order valence-corrected chi connectivity index (χ3v) is 2.43. The second-order valence-corrected chi connectivity index (χ2v) is 5.21. The first-order chi connectivity index (χ1) is 8.33. The van der Waals surface area contributed by atoms with Gasteiger partial charge in [-0.1, -0.05) is 12.1 Å². The van der Waals surface area contributed by atoms with Gasteiger partial charge < -0.3 is 14.6 Å². The van der Waals surface area contributed by atoms with Gasteiger partial charge in [-0.3, -0.25) is 0 Å². The molecule has 0 amide bonds. The van der Waals surface area contributed by atoms with Crippen molar-refractivity contribution in [2.24, 2.45) is 0 Å². The highest BCUT2D eigenvalue weighted by Crippen LogP contribution is 2.21. The summed E-state index contributed by atoms with van der Waals surface area (Å²) in [6, 6.07) is 4.89. The van der Waals surface area contributed by atoms with Crippen LogP contribution in [0.3, 0.4) is 0 Å². The van der Waals surface area contributed by atoms with Crippen LogP contribution in [0.15, 0.2) is 18.2 Å². The fraction of sp³-hybridized carbons (Fsp3) is 0.571. The molecule has 1 N–H and O–H groups in total. The number of methoxy groups -OCH3 is 1. The predicted octanol–water partition coefficient (Wildman–Crippen LogP) is 2.55. The van der Waals surface area contributed by atoms with E-state index in [1.54, 1.807) is 18.2 Å². The Hall–Kier alpha value is -1.13. The molecule has 1 unspecified atom stereocenters. The van der Waals surface area contributed by atoms with Crippen molar-refractivity contribution in [2.75, 3.05) is 13.7 Å². The van der Waals surface area contributed by atoms with Crippen LogP contribution >= 0.6 is 0 Å². The maximum Gasteiger partial charge on any atom is 0.168 e. The van der Waals surface area contributed by atoms with Crippen molar-refractivity contribution in [1.29, 1.82) is 0 Å². The van der Waals surface area contributed by atoms with Crippen LogP contribution in [0.1, 0.15) is 26.3 Å².